The van der Waals surface area contributed by atoms with Crippen LogP contribution in [-0.4, -0.2) is 92.6 Å². The van der Waals surface area contributed by atoms with Crippen LogP contribution in [0.2, 0.25) is 0 Å². The minimum Gasteiger partial charge on any atom is -0.483 e. The van der Waals surface area contributed by atoms with E-state index in [2.05, 4.69) is 30.5 Å². The van der Waals surface area contributed by atoms with Gasteiger partial charge in [-0.1, -0.05) is 0 Å². The fraction of sp³-hybridized carbons (Fsp3) is 0.457. The van der Waals surface area contributed by atoms with Gasteiger partial charge in [0.15, 0.2) is 17.2 Å². The summed E-state index contributed by atoms with van der Waals surface area (Å²) < 4.78 is 13.3. The van der Waals surface area contributed by atoms with Gasteiger partial charge in [0.25, 0.3) is 0 Å². The van der Waals surface area contributed by atoms with Gasteiger partial charge in [0, 0.05) is 57.4 Å². The molecule has 4 amide bonds. The number of likely N-dealkylation sites (N-methyl/N-ethyl adjacent to an activating group) is 1. The van der Waals surface area contributed by atoms with Crippen LogP contribution in [0.15, 0.2) is 36.8 Å². The van der Waals surface area contributed by atoms with Gasteiger partial charge in [0.1, 0.15) is 24.6 Å². The molecule has 16 nitrogen and oxygen atoms in total. The van der Waals surface area contributed by atoms with Crippen molar-refractivity contribution in [2.24, 2.45) is 0 Å². The Kier molecular flexibility index (Phi) is 11.1. The predicted octanol–water partition coefficient (Wildman–Crippen LogP) is 4.23. The zero-order valence-corrected chi connectivity index (χ0v) is 30.0. The monoisotopic (exact) mass is 700 g/mol. The van der Waals surface area contributed by atoms with Crippen LogP contribution in [0.1, 0.15) is 81.1 Å². The van der Waals surface area contributed by atoms with E-state index in [-0.39, 0.29) is 36.4 Å². The number of nitrogens with zero attached hydrogens (tertiary/aromatic N) is 9. The van der Waals surface area contributed by atoms with E-state index in [1.807, 2.05) is 35.9 Å². The first-order chi connectivity index (χ1) is 24.3. The molecular weight excluding hydrogens is 656 g/mol. The molecule has 270 valence electrons. The van der Waals surface area contributed by atoms with E-state index in [4.69, 9.17) is 9.47 Å². The number of nitrogens with one attached hydrogen (secondary N) is 1. The summed E-state index contributed by atoms with van der Waals surface area (Å²) in [5, 5.41) is 10.4. The van der Waals surface area contributed by atoms with Crippen LogP contribution in [-0.2, 0) is 25.7 Å². The molecular formula is C35H44N10O6. The van der Waals surface area contributed by atoms with Crippen molar-refractivity contribution in [3.63, 3.8) is 0 Å². The fourth-order valence-electron chi connectivity index (χ4n) is 4.95. The topological polar surface area (TPSA) is 177 Å². The molecule has 51 heavy (non-hydrogen) atoms. The van der Waals surface area contributed by atoms with Crippen LogP contribution in [0.3, 0.4) is 0 Å². The maximum Gasteiger partial charge on any atom is 0.415 e. The summed E-state index contributed by atoms with van der Waals surface area (Å²) in [5.74, 6) is 2.23. The highest BCUT2D eigenvalue weighted by molar-refractivity contribution is 5.92. The van der Waals surface area contributed by atoms with Gasteiger partial charge in [0.2, 0.25) is 24.5 Å². The molecule has 4 heterocycles. The number of fused-ring (bicyclic) bond motifs is 1. The van der Waals surface area contributed by atoms with Gasteiger partial charge in [-0.25, -0.2) is 19.7 Å². The number of hydrogen-bond acceptors (Lipinski definition) is 11. The molecule has 0 atom stereocenters. The molecule has 6 rings (SSSR count). The second kappa shape index (κ2) is 15.5. The van der Waals surface area contributed by atoms with E-state index in [0.29, 0.717) is 41.7 Å². The number of aryl methyl sites for hydroxylation is 1. The van der Waals surface area contributed by atoms with E-state index in [1.54, 1.807) is 41.1 Å². The molecule has 4 aromatic heterocycles. The van der Waals surface area contributed by atoms with Gasteiger partial charge in [-0.05, 0) is 77.0 Å². The number of carbonyl (C=O) groups excluding carboxylic acids is 4. The summed E-state index contributed by atoms with van der Waals surface area (Å²) in [6.07, 6.45) is 10.7. The van der Waals surface area contributed by atoms with Crippen molar-refractivity contribution in [1.82, 2.24) is 34.4 Å². The first-order valence-electron chi connectivity index (χ1n) is 16.7. The van der Waals surface area contributed by atoms with Crippen molar-refractivity contribution in [3.05, 3.63) is 59.6 Å². The lowest BCUT2D eigenvalue weighted by Gasteiger charge is -2.24. The Morgan fingerprint density at radius 1 is 1.02 bits per heavy atom. The number of hydrogen-bond donors (Lipinski definition) is 1. The highest BCUT2D eigenvalue weighted by atomic mass is 16.6. The van der Waals surface area contributed by atoms with Crippen molar-refractivity contribution < 1.29 is 28.7 Å². The lowest BCUT2D eigenvalue weighted by molar-refractivity contribution is -0.128. The number of carbonyl (C=O) groups is 4. The minimum atomic E-state index is -0.737. The average Bonchev–Trinajstić information content (AvgIpc) is 4.02. The second-order valence-electron chi connectivity index (χ2n) is 13.8. The lowest BCUT2D eigenvalue weighted by Crippen LogP contribution is -2.36. The van der Waals surface area contributed by atoms with Gasteiger partial charge in [0.05, 0.1) is 11.4 Å². The van der Waals surface area contributed by atoms with Crippen LogP contribution < -0.4 is 19.9 Å². The van der Waals surface area contributed by atoms with Crippen molar-refractivity contribution >= 4 is 47.8 Å². The van der Waals surface area contributed by atoms with Crippen LogP contribution in [0.25, 0.3) is 5.65 Å². The molecule has 4 aromatic rings. The number of ether oxygens (including phenoxy) is 2. The lowest BCUT2D eigenvalue weighted by atomic mass is 10.1. The summed E-state index contributed by atoms with van der Waals surface area (Å²) in [6, 6.07) is 5.27. The van der Waals surface area contributed by atoms with Crippen molar-refractivity contribution in [2.75, 3.05) is 42.8 Å². The summed E-state index contributed by atoms with van der Waals surface area (Å²) >= 11 is 0. The number of pyridine rings is 1. The Hall–Kier alpha value is -5.67. The number of imidazole rings is 1. The number of anilines is 3. The summed E-state index contributed by atoms with van der Waals surface area (Å²) in [6.45, 7) is 7.06. The molecule has 2 aliphatic rings. The van der Waals surface area contributed by atoms with Crippen molar-refractivity contribution in [3.8, 4) is 5.75 Å². The standard InChI is InChI=1S/C27H34N8O6.C8H10N2/c1-27(2,3)41-26(39)33(6)25-21(10-22(28-15-36)30-31-25)40-14-19-12-34-11-18(17-7-8-17)9-20(24(34)29-19)35(16-37)13-23(38)32(4)5;1-6-4-5-9-8(10-6)7-2-3-7/h9-12,15-17H,7-8,13-14H2,1-6H3,(H,28,30,36);4-5,7H,2-3H2,1H3. The van der Waals surface area contributed by atoms with Crippen LogP contribution in [0, 0.1) is 6.92 Å². The van der Waals surface area contributed by atoms with Crippen LogP contribution in [0.4, 0.5) is 22.1 Å². The summed E-state index contributed by atoms with van der Waals surface area (Å²) in [4.78, 5) is 65.3. The van der Waals surface area contributed by atoms with Gasteiger partial charge in [-0.2, -0.15) is 0 Å². The first-order valence-corrected chi connectivity index (χ1v) is 16.7. The quantitative estimate of drug-likeness (QED) is 0.209. The fourth-order valence-corrected chi connectivity index (χ4v) is 4.95. The highest BCUT2D eigenvalue weighted by Gasteiger charge is 2.28. The Balaban J connectivity index is 0.000000428. The smallest absolute Gasteiger partial charge is 0.415 e. The molecule has 1 N–H and O–H groups in total. The molecule has 0 aromatic carbocycles. The van der Waals surface area contributed by atoms with Gasteiger partial charge in [-0.15, -0.1) is 10.2 Å². The number of amides is 4. The van der Waals surface area contributed by atoms with E-state index in [0.717, 1.165) is 34.8 Å². The normalized spacial score (nSPS) is 13.8. The minimum absolute atomic E-state index is 0.0427. The largest absolute Gasteiger partial charge is 0.483 e. The Morgan fingerprint density at radius 2 is 1.75 bits per heavy atom. The molecule has 0 spiro atoms. The maximum absolute atomic E-state index is 12.7. The third-order valence-electron chi connectivity index (χ3n) is 7.96. The second-order valence-corrected chi connectivity index (χ2v) is 13.8. The van der Waals surface area contributed by atoms with Crippen molar-refractivity contribution in [2.45, 2.75) is 77.4 Å². The van der Waals surface area contributed by atoms with E-state index in [1.165, 1.54) is 35.8 Å². The molecule has 0 unspecified atom stereocenters. The number of rotatable bonds is 12. The Bertz CT molecular complexity index is 1900. The van der Waals surface area contributed by atoms with Crippen LogP contribution >= 0.6 is 0 Å². The molecule has 2 fully saturated rings. The van der Waals surface area contributed by atoms with Crippen molar-refractivity contribution in [1.29, 1.82) is 0 Å². The highest BCUT2D eigenvalue weighted by Crippen LogP contribution is 2.42. The van der Waals surface area contributed by atoms with Gasteiger partial charge in [-0.3, -0.25) is 19.3 Å². The average molecular weight is 701 g/mol. The van der Waals surface area contributed by atoms with Gasteiger partial charge >= 0.3 is 6.09 Å². The number of aromatic nitrogens is 6. The Morgan fingerprint density at radius 3 is 2.35 bits per heavy atom. The maximum atomic E-state index is 12.7. The molecule has 0 radical (unpaired) electrons. The van der Waals surface area contributed by atoms with E-state index >= 15 is 0 Å². The van der Waals surface area contributed by atoms with E-state index < -0.39 is 11.7 Å². The SMILES string of the molecule is CN(C)C(=O)CN(C=O)c1cc(C2CC2)cn2cc(COc3cc(NC=O)nnc3N(C)C(=O)OC(C)(C)C)nc12.Cc1ccnc(C2CC2)n1. The third kappa shape index (κ3) is 9.73. The summed E-state index contributed by atoms with van der Waals surface area (Å²) in [7, 11) is 4.73. The molecule has 2 saturated carbocycles. The Labute approximate surface area is 296 Å². The van der Waals surface area contributed by atoms with Crippen LogP contribution in [0.5, 0.6) is 5.75 Å². The molecule has 0 saturated heterocycles. The first kappa shape index (κ1) is 36.6. The van der Waals surface area contributed by atoms with E-state index in [9.17, 15) is 19.2 Å². The van der Waals surface area contributed by atoms with Gasteiger partial charge < -0.3 is 29.0 Å². The summed E-state index contributed by atoms with van der Waals surface area (Å²) in [5.41, 5.74) is 2.89. The molecule has 2 aliphatic carbocycles. The molecule has 0 aliphatic heterocycles. The predicted molar refractivity (Wildman–Crippen MR) is 189 cm³/mol. The zero-order valence-electron chi connectivity index (χ0n) is 30.0. The third-order valence-corrected chi connectivity index (χ3v) is 7.96. The molecule has 16 heteroatoms. The zero-order chi connectivity index (χ0) is 36.9. The molecule has 0 bridgehead atoms.